The molecule has 0 atom stereocenters. The number of rotatable bonds is 3. The van der Waals surface area contributed by atoms with E-state index in [2.05, 4.69) is 21.2 Å². The summed E-state index contributed by atoms with van der Waals surface area (Å²) < 4.78 is 23.1. The second kappa shape index (κ2) is 5.74. The number of halogens is 1. The number of anilines is 1. The highest BCUT2D eigenvalue weighted by atomic mass is 79.9. The molecule has 0 unspecified atom stereocenters. The summed E-state index contributed by atoms with van der Waals surface area (Å²) in [6.45, 7) is 0. The van der Waals surface area contributed by atoms with Gasteiger partial charge in [-0.2, -0.15) is 0 Å². The summed E-state index contributed by atoms with van der Waals surface area (Å²) in [5, 5.41) is 7.76. The van der Waals surface area contributed by atoms with Crippen LogP contribution in [0.15, 0.2) is 57.9 Å². The van der Waals surface area contributed by atoms with Gasteiger partial charge in [-0.25, -0.2) is 13.6 Å². The van der Waals surface area contributed by atoms with E-state index in [-0.39, 0.29) is 10.5 Å². The molecule has 1 amide bonds. The lowest BCUT2D eigenvalue weighted by Gasteiger charge is -2.07. The molecule has 0 aliphatic heterocycles. The van der Waals surface area contributed by atoms with Crippen molar-refractivity contribution in [2.75, 3.05) is 5.32 Å². The fraction of sp³-hybridized carbons (Fsp3) is 0. The van der Waals surface area contributed by atoms with E-state index < -0.39 is 15.9 Å². The highest BCUT2D eigenvalue weighted by molar-refractivity contribution is 9.10. The van der Waals surface area contributed by atoms with Crippen LogP contribution < -0.4 is 10.5 Å². The molecule has 0 aliphatic carbocycles. The Morgan fingerprint density at radius 1 is 1.10 bits per heavy atom. The Morgan fingerprint density at radius 3 is 2.35 bits per heavy atom. The number of para-hydroxylation sites is 1. The average Bonchev–Trinajstić information content (AvgIpc) is 2.39. The summed E-state index contributed by atoms with van der Waals surface area (Å²) >= 11 is 3.09. The van der Waals surface area contributed by atoms with Crippen molar-refractivity contribution in [2.24, 2.45) is 5.14 Å². The van der Waals surface area contributed by atoms with E-state index >= 15 is 0 Å². The first-order valence-electron chi connectivity index (χ1n) is 5.56. The van der Waals surface area contributed by atoms with E-state index in [1.807, 2.05) is 6.07 Å². The van der Waals surface area contributed by atoms with Gasteiger partial charge in [-0.1, -0.05) is 18.2 Å². The number of amides is 1. The summed E-state index contributed by atoms with van der Waals surface area (Å²) in [6, 6.07) is 13.1. The molecule has 0 aromatic heterocycles. The maximum absolute atomic E-state index is 12.0. The molecule has 2 rings (SSSR count). The van der Waals surface area contributed by atoms with E-state index in [9.17, 15) is 13.2 Å². The molecular weight excluding hydrogens is 344 g/mol. The zero-order chi connectivity index (χ0) is 14.8. The fourth-order valence-electron chi connectivity index (χ4n) is 1.59. The molecule has 20 heavy (non-hydrogen) atoms. The summed E-state index contributed by atoms with van der Waals surface area (Å²) in [4.78, 5) is 11.9. The molecule has 5 nitrogen and oxygen atoms in total. The maximum Gasteiger partial charge on any atom is 0.255 e. The smallest absolute Gasteiger partial charge is 0.255 e. The van der Waals surface area contributed by atoms with Crippen LogP contribution in [-0.4, -0.2) is 14.3 Å². The van der Waals surface area contributed by atoms with Crippen molar-refractivity contribution in [3.63, 3.8) is 0 Å². The number of sulfonamides is 1. The van der Waals surface area contributed by atoms with Gasteiger partial charge in [-0.15, -0.1) is 0 Å². The SMILES string of the molecule is NS(=O)(=O)c1cc(C(=O)Nc2ccccc2)ccc1Br. The Hall–Kier alpha value is -1.70. The van der Waals surface area contributed by atoms with Crippen LogP contribution >= 0.6 is 15.9 Å². The quantitative estimate of drug-likeness (QED) is 0.886. The third kappa shape index (κ3) is 3.44. The van der Waals surface area contributed by atoms with E-state index in [0.717, 1.165) is 0 Å². The number of carbonyl (C=O) groups excluding carboxylic acids is 1. The van der Waals surface area contributed by atoms with Gasteiger partial charge in [0.1, 0.15) is 0 Å². The average molecular weight is 355 g/mol. The lowest BCUT2D eigenvalue weighted by molar-refractivity contribution is 0.102. The molecule has 0 radical (unpaired) electrons. The van der Waals surface area contributed by atoms with Crippen molar-refractivity contribution in [1.82, 2.24) is 0 Å². The molecule has 0 spiro atoms. The first kappa shape index (κ1) is 14.7. The highest BCUT2D eigenvalue weighted by Gasteiger charge is 2.16. The highest BCUT2D eigenvalue weighted by Crippen LogP contribution is 2.22. The fourth-order valence-corrected chi connectivity index (χ4v) is 3.14. The summed E-state index contributed by atoms with van der Waals surface area (Å²) in [5.74, 6) is -0.409. The summed E-state index contributed by atoms with van der Waals surface area (Å²) in [7, 11) is -3.89. The number of primary sulfonamides is 1. The number of hydrogen-bond acceptors (Lipinski definition) is 3. The van der Waals surface area contributed by atoms with Crippen molar-refractivity contribution in [3.05, 3.63) is 58.6 Å². The third-order valence-electron chi connectivity index (χ3n) is 2.53. The molecule has 7 heteroatoms. The molecule has 0 fully saturated rings. The Kier molecular flexibility index (Phi) is 4.22. The Morgan fingerprint density at radius 2 is 1.75 bits per heavy atom. The van der Waals surface area contributed by atoms with Crippen LogP contribution in [0.1, 0.15) is 10.4 Å². The maximum atomic E-state index is 12.0. The summed E-state index contributed by atoms with van der Waals surface area (Å²) in [5.41, 5.74) is 0.832. The lowest BCUT2D eigenvalue weighted by atomic mass is 10.2. The molecular formula is C13H11BrN2O3S. The predicted octanol–water partition coefficient (Wildman–Crippen LogP) is 2.35. The van der Waals surface area contributed by atoms with Gasteiger partial charge < -0.3 is 5.32 Å². The lowest BCUT2D eigenvalue weighted by Crippen LogP contribution is -2.16. The second-order valence-corrected chi connectivity index (χ2v) is 6.39. The van der Waals surface area contributed by atoms with Gasteiger partial charge in [-0.05, 0) is 46.3 Å². The molecule has 0 saturated carbocycles. The normalized spacial score (nSPS) is 11.1. The topological polar surface area (TPSA) is 89.3 Å². The van der Waals surface area contributed by atoms with Crippen LogP contribution in [0.25, 0.3) is 0 Å². The van der Waals surface area contributed by atoms with Gasteiger partial charge in [0.15, 0.2) is 0 Å². The Balaban J connectivity index is 2.32. The minimum atomic E-state index is -3.89. The number of hydrogen-bond donors (Lipinski definition) is 2. The largest absolute Gasteiger partial charge is 0.322 e. The number of nitrogens with two attached hydrogens (primary N) is 1. The first-order valence-corrected chi connectivity index (χ1v) is 7.90. The van der Waals surface area contributed by atoms with E-state index in [1.165, 1.54) is 18.2 Å². The Bertz CT molecular complexity index is 745. The van der Waals surface area contributed by atoms with Crippen LogP contribution in [0.2, 0.25) is 0 Å². The second-order valence-electron chi connectivity index (χ2n) is 4.01. The van der Waals surface area contributed by atoms with Gasteiger partial charge >= 0.3 is 0 Å². The van der Waals surface area contributed by atoms with E-state index in [1.54, 1.807) is 24.3 Å². The van der Waals surface area contributed by atoms with Crippen LogP contribution in [-0.2, 0) is 10.0 Å². The van der Waals surface area contributed by atoms with Gasteiger partial charge in [0.25, 0.3) is 5.91 Å². The Labute approximate surface area is 125 Å². The van der Waals surface area contributed by atoms with Crippen molar-refractivity contribution in [1.29, 1.82) is 0 Å². The van der Waals surface area contributed by atoms with Crippen molar-refractivity contribution < 1.29 is 13.2 Å². The van der Waals surface area contributed by atoms with Crippen LogP contribution in [0, 0.1) is 0 Å². The van der Waals surface area contributed by atoms with Crippen LogP contribution in [0.4, 0.5) is 5.69 Å². The number of nitrogens with one attached hydrogen (secondary N) is 1. The van der Waals surface area contributed by atoms with Crippen molar-refractivity contribution in [2.45, 2.75) is 4.90 Å². The van der Waals surface area contributed by atoms with Crippen LogP contribution in [0.5, 0.6) is 0 Å². The number of carbonyl (C=O) groups is 1. The van der Waals surface area contributed by atoms with Crippen LogP contribution in [0.3, 0.4) is 0 Å². The van der Waals surface area contributed by atoms with Gasteiger partial charge in [0.05, 0.1) is 4.90 Å². The zero-order valence-electron chi connectivity index (χ0n) is 10.2. The molecule has 0 aliphatic rings. The molecule has 104 valence electrons. The molecule has 0 bridgehead atoms. The third-order valence-corrected chi connectivity index (χ3v) is 4.44. The van der Waals surface area contributed by atoms with Crippen molar-refractivity contribution in [3.8, 4) is 0 Å². The molecule has 2 aromatic rings. The molecule has 3 N–H and O–H groups in total. The first-order chi connectivity index (χ1) is 9.38. The molecule has 2 aromatic carbocycles. The minimum absolute atomic E-state index is 0.127. The standard InChI is InChI=1S/C13H11BrN2O3S/c14-11-7-6-9(8-12(11)20(15,18)19)13(17)16-10-4-2-1-3-5-10/h1-8H,(H,16,17)(H2,15,18,19). The van der Waals surface area contributed by atoms with E-state index in [0.29, 0.717) is 10.2 Å². The predicted molar refractivity (Wildman–Crippen MR) is 79.9 cm³/mol. The summed E-state index contributed by atoms with van der Waals surface area (Å²) in [6.07, 6.45) is 0. The monoisotopic (exact) mass is 354 g/mol. The van der Waals surface area contributed by atoms with Gasteiger partial charge in [-0.3, -0.25) is 4.79 Å². The molecule has 0 saturated heterocycles. The van der Waals surface area contributed by atoms with Gasteiger partial charge in [0, 0.05) is 15.7 Å². The molecule has 0 heterocycles. The van der Waals surface area contributed by atoms with Crippen molar-refractivity contribution >= 4 is 37.5 Å². The zero-order valence-corrected chi connectivity index (χ0v) is 12.6. The number of benzene rings is 2. The van der Waals surface area contributed by atoms with E-state index in [4.69, 9.17) is 5.14 Å². The van der Waals surface area contributed by atoms with Gasteiger partial charge in [0.2, 0.25) is 10.0 Å². The minimum Gasteiger partial charge on any atom is -0.322 e.